The van der Waals surface area contributed by atoms with E-state index in [1.54, 1.807) is 12.1 Å². The van der Waals surface area contributed by atoms with Crippen molar-refractivity contribution in [2.24, 2.45) is 0 Å². The minimum absolute atomic E-state index is 0.0191. The SMILES string of the molecule is COc1ccc(OC)c(C(=O)COC(=O)CN(C)S(=O)(=O)c2ccc(Cl)cc2)c1. The fourth-order valence-corrected chi connectivity index (χ4v) is 3.60. The van der Waals surface area contributed by atoms with Crippen molar-refractivity contribution < 1.29 is 32.2 Å². The second-order valence-corrected chi connectivity index (χ2v) is 8.35. The molecule has 0 aliphatic carbocycles. The molecule has 2 aromatic rings. The molecule has 0 aromatic heterocycles. The summed E-state index contributed by atoms with van der Waals surface area (Å²) in [7, 11) is 0.181. The first-order chi connectivity index (χ1) is 13.7. The van der Waals surface area contributed by atoms with Crippen LogP contribution in [0.4, 0.5) is 0 Å². The summed E-state index contributed by atoms with van der Waals surface area (Å²) >= 11 is 5.76. The number of carbonyl (C=O) groups excluding carboxylic acids is 2. The Morgan fingerprint density at radius 3 is 2.28 bits per heavy atom. The molecule has 2 aromatic carbocycles. The van der Waals surface area contributed by atoms with E-state index in [0.717, 1.165) is 4.31 Å². The van der Waals surface area contributed by atoms with Crippen LogP contribution in [0.25, 0.3) is 0 Å². The Morgan fingerprint density at radius 2 is 1.69 bits per heavy atom. The van der Waals surface area contributed by atoms with Gasteiger partial charge in [-0.05, 0) is 42.5 Å². The molecule has 0 aliphatic heterocycles. The number of sulfonamides is 1. The number of carbonyl (C=O) groups is 2. The van der Waals surface area contributed by atoms with Crippen LogP contribution >= 0.6 is 11.6 Å². The van der Waals surface area contributed by atoms with Gasteiger partial charge in [0.2, 0.25) is 15.8 Å². The van der Waals surface area contributed by atoms with E-state index in [4.69, 9.17) is 25.8 Å². The molecule has 0 amide bonds. The zero-order chi connectivity index (χ0) is 21.6. The molecule has 0 spiro atoms. The third kappa shape index (κ3) is 5.69. The van der Waals surface area contributed by atoms with Crippen molar-refractivity contribution in [3.63, 3.8) is 0 Å². The number of likely N-dealkylation sites (N-methyl/N-ethyl adjacent to an activating group) is 1. The molecule has 0 saturated heterocycles. The molecule has 0 fully saturated rings. The summed E-state index contributed by atoms with van der Waals surface area (Å²) in [5, 5.41) is 0.387. The Balaban J connectivity index is 2.00. The lowest BCUT2D eigenvalue weighted by Gasteiger charge is -2.16. The summed E-state index contributed by atoms with van der Waals surface area (Å²) in [6, 6.07) is 10.2. The number of halogens is 1. The highest BCUT2D eigenvalue weighted by Gasteiger charge is 2.24. The number of hydrogen-bond donors (Lipinski definition) is 0. The largest absolute Gasteiger partial charge is 0.497 e. The molecule has 0 unspecified atom stereocenters. The maximum atomic E-state index is 12.5. The molecule has 10 heteroatoms. The Hall–Kier alpha value is -2.62. The van der Waals surface area contributed by atoms with Crippen LogP contribution in [0.15, 0.2) is 47.4 Å². The van der Waals surface area contributed by atoms with Crippen molar-refractivity contribution in [1.29, 1.82) is 0 Å². The predicted octanol–water partition coefficient (Wildman–Crippen LogP) is 2.40. The van der Waals surface area contributed by atoms with Crippen molar-refractivity contribution in [3.8, 4) is 11.5 Å². The van der Waals surface area contributed by atoms with Crippen molar-refractivity contribution in [3.05, 3.63) is 53.1 Å². The van der Waals surface area contributed by atoms with Gasteiger partial charge in [-0.2, -0.15) is 4.31 Å². The maximum Gasteiger partial charge on any atom is 0.321 e. The number of benzene rings is 2. The molecule has 0 N–H and O–H groups in total. The zero-order valence-corrected chi connectivity index (χ0v) is 17.6. The average molecular weight is 442 g/mol. The minimum Gasteiger partial charge on any atom is -0.497 e. The number of hydrogen-bond acceptors (Lipinski definition) is 7. The topological polar surface area (TPSA) is 99.2 Å². The molecule has 0 aliphatic rings. The first-order valence-corrected chi connectivity index (χ1v) is 10.1. The lowest BCUT2D eigenvalue weighted by Crippen LogP contribution is -2.33. The number of esters is 1. The van der Waals surface area contributed by atoms with Gasteiger partial charge in [0.05, 0.1) is 24.7 Å². The van der Waals surface area contributed by atoms with Gasteiger partial charge in [-0.15, -0.1) is 0 Å². The van der Waals surface area contributed by atoms with Gasteiger partial charge in [-0.25, -0.2) is 8.42 Å². The van der Waals surface area contributed by atoms with Gasteiger partial charge >= 0.3 is 5.97 Å². The van der Waals surface area contributed by atoms with E-state index in [1.807, 2.05) is 0 Å². The van der Waals surface area contributed by atoms with Crippen molar-refractivity contribution in [2.45, 2.75) is 4.90 Å². The summed E-state index contributed by atoms with van der Waals surface area (Å²) in [4.78, 5) is 24.4. The fraction of sp³-hybridized carbons (Fsp3) is 0.263. The van der Waals surface area contributed by atoms with E-state index in [1.165, 1.54) is 51.6 Å². The molecule has 29 heavy (non-hydrogen) atoms. The van der Waals surface area contributed by atoms with Crippen LogP contribution in [0.3, 0.4) is 0 Å². The standard InChI is InChI=1S/C19H20ClNO7S/c1-21(29(24,25)15-7-4-13(20)5-8-15)11-19(23)28-12-17(22)16-10-14(26-2)6-9-18(16)27-3/h4-10H,11-12H2,1-3H3. The van der Waals surface area contributed by atoms with Gasteiger partial charge in [-0.1, -0.05) is 11.6 Å². The highest BCUT2D eigenvalue weighted by molar-refractivity contribution is 7.89. The average Bonchev–Trinajstić information content (AvgIpc) is 2.71. The number of ether oxygens (including phenoxy) is 3. The third-order valence-electron chi connectivity index (χ3n) is 3.94. The van der Waals surface area contributed by atoms with Crippen LogP contribution in [-0.2, 0) is 19.6 Å². The van der Waals surface area contributed by atoms with Crippen LogP contribution in [0.2, 0.25) is 5.02 Å². The molecule has 0 atom stereocenters. The number of methoxy groups -OCH3 is 2. The van der Waals surface area contributed by atoms with E-state index >= 15 is 0 Å². The van der Waals surface area contributed by atoms with Gasteiger partial charge in [-0.3, -0.25) is 9.59 Å². The van der Waals surface area contributed by atoms with Crippen molar-refractivity contribution in [2.75, 3.05) is 34.4 Å². The summed E-state index contributed by atoms with van der Waals surface area (Å²) in [6.07, 6.45) is 0. The molecular weight excluding hydrogens is 422 g/mol. The van der Waals surface area contributed by atoms with Crippen molar-refractivity contribution >= 4 is 33.4 Å². The van der Waals surface area contributed by atoms with Crippen molar-refractivity contribution in [1.82, 2.24) is 4.31 Å². The minimum atomic E-state index is -3.91. The molecule has 156 valence electrons. The molecule has 2 rings (SSSR count). The summed E-state index contributed by atoms with van der Waals surface area (Å²) < 4.78 is 40.9. The predicted molar refractivity (Wildman–Crippen MR) is 106 cm³/mol. The van der Waals surface area contributed by atoms with E-state index < -0.39 is 34.9 Å². The molecule has 0 radical (unpaired) electrons. The fourth-order valence-electron chi connectivity index (χ4n) is 2.35. The zero-order valence-electron chi connectivity index (χ0n) is 16.0. The Morgan fingerprint density at radius 1 is 1.03 bits per heavy atom. The van der Waals surface area contributed by atoms with Crippen LogP contribution in [0.5, 0.6) is 11.5 Å². The lowest BCUT2D eigenvalue weighted by molar-refractivity contribution is -0.142. The molecule has 0 heterocycles. The number of ketones is 1. The highest BCUT2D eigenvalue weighted by atomic mass is 35.5. The van der Waals surface area contributed by atoms with Gasteiger partial charge < -0.3 is 14.2 Å². The van der Waals surface area contributed by atoms with Crippen LogP contribution < -0.4 is 9.47 Å². The first kappa shape index (κ1) is 22.7. The lowest BCUT2D eigenvalue weighted by atomic mass is 10.1. The number of Topliss-reactive ketones (excluding diaryl/α,β-unsaturated/α-hetero) is 1. The summed E-state index contributed by atoms with van der Waals surface area (Å²) in [5.41, 5.74) is 0.182. The molecule has 0 saturated carbocycles. The van der Waals surface area contributed by atoms with E-state index in [9.17, 15) is 18.0 Å². The van der Waals surface area contributed by atoms with Crippen LogP contribution in [-0.4, -0.2) is 58.9 Å². The van der Waals surface area contributed by atoms with Gasteiger partial charge in [0.1, 0.15) is 18.0 Å². The van der Waals surface area contributed by atoms with E-state index in [2.05, 4.69) is 0 Å². The molecule has 8 nitrogen and oxygen atoms in total. The van der Waals surface area contributed by atoms with Crippen LogP contribution in [0, 0.1) is 0 Å². The Labute approximate surface area is 174 Å². The smallest absolute Gasteiger partial charge is 0.321 e. The molecular formula is C19H20ClNO7S. The summed E-state index contributed by atoms with van der Waals surface area (Å²) in [6.45, 7) is -1.13. The highest BCUT2D eigenvalue weighted by Crippen LogP contribution is 2.24. The van der Waals surface area contributed by atoms with Crippen LogP contribution in [0.1, 0.15) is 10.4 Å². The van der Waals surface area contributed by atoms with E-state index in [0.29, 0.717) is 16.5 Å². The second-order valence-electron chi connectivity index (χ2n) is 5.87. The van der Waals surface area contributed by atoms with Gasteiger partial charge in [0.15, 0.2) is 6.61 Å². The normalized spacial score (nSPS) is 11.2. The van der Waals surface area contributed by atoms with Gasteiger partial charge in [0, 0.05) is 12.1 Å². The maximum absolute atomic E-state index is 12.5. The van der Waals surface area contributed by atoms with Gasteiger partial charge in [0.25, 0.3) is 0 Å². The van der Waals surface area contributed by atoms with E-state index in [-0.39, 0.29) is 10.5 Å². The number of nitrogens with zero attached hydrogens (tertiary/aromatic N) is 1. The Kier molecular flexibility index (Phi) is 7.60. The first-order valence-electron chi connectivity index (χ1n) is 8.31. The Bertz CT molecular complexity index is 990. The molecule has 0 bridgehead atoms. The number of rotatable bonds is 9. The quantitative estimate of drug-likeness (QED) is 0.435. The summed E-state index contributed by atoms with van der Waals surface area (Å²) in [5.74, 6) is -0.652. The third-order valence-corrected chi connectivity index (χ3v) is 6.01. The second kappa shape index (κ2) is 9.73. The monoisotopic (exact) mass is 441 g/mol.